The van der Waals surface area contributed by atoms with E-state index in [1.54, 1.807) is 24.5 Å². The van der Waals surface area contributed by atoms with Gasteiger partial charge in [0, 0.05) is 39.8 Å². The first-order valence-corrected chi connectivity index (χ1v) is 9.53. The van der Waals surface area contributed by atoms with Crippen molar-refractivity contribution in [1.29, 1.82) is 0 Å². The van der Waals surface area contributed by atoms with Crippen molar-refractivity contribution in [1.82, 2.24) is 14.5 Å². The van der Waals surface area contributed by atoms with Gasteiger partial charge in [-0.05, 0) is 42.0 Å². The van der Waals surface area contributed by atoms with Crippen molar-refractivity contribution in [2.75, 3.05) is 0 Å². The van der Waals surface area contributed by atoms with Gasteiger partial charge in [-0.15, -0.1) is 0 Å². The zero-order valence-electron chi connectivity index (χ0n) is 14.4. The van der Waals surface area contributed by atoms with E-state index < -0.39 is 6.10 Å². The van der Waals surface area contributed by atoms with Crippen LogP contribution in [0.25, 0.3) is 16.8 Å². The first-order valence-electron chi connectivity index (χ1n) is 8.40. The molecule has 0 saturated heterocycles. The SMILES string of the molecule is OC(c1cncnc1)c1c(-c2ccc(Cl)cc2)ccn1-c1ccc(Cl)cc1Cl. The molecule has 0 radical (unpaired) electrons. The van der Waals surface area contributed by atoms with E-state index in [4.69, 9.17) is 34.8 Å². The Balaban J connectivity index is 1.93. The number of rotatable bonds is 4. The number of nitrogens with zero attached hydrogens (tertiary/aromatic N) is 3. The summed E-state index contributed by atoms with van der Waals surface area (Å²) < 4.78 is 1.85. The fraction of sp³-hybridized carbons (Fsp3) is 0.0476. The minimum absolute atomic E-state index is 0.475. The maximum Gasteiger partial charge on any atom is 0.123 e. The molecule has 2 aromatic heterocycles. The first-order chi connectivity index (χ1) is 13.5. The molecule has 0 fully saturated rings. The second kappa shape index (κ2) is 7.94. The molecule has 0 aliphatic heterocycles. The van der Waals surface area contributed by atoms with Gasteiger partial charge in [-0.25, -0.2) is 9.97 Å². The van der Waals surface area contributed by atoms with Crippen LogP contribution >= 0.6 is 34.8 Å². The molecule has 2 aromatic carbocycles. The van der Waals surface area contributed by atoms with E-state index in [1.807, 2.05) is 47.2 Å². The molecule has 0 spiro atoms. The van der Waals surface area contributed by atoms with Gasteiger partial charge in [0.2, 0.25) is 0 Å². The molecule has 28 heavy (non-hydrogen) atoms. The van der Waals surface area contributed by atoms with Crippen LogP contribution in [-0.4, -0.2) is 19.6 Å². The molecule has 1 N–H and O–H groups in total. The Kier molecular flexibility index (Phi) is 5.38. The van der Waals surface area contributed by atoms with E-state index >= 15 is 0 Å². The Morgan fingerprint density at radius 1 is 0.857 bits per heavy atom. The van der Waals surface area contributed by atoms with Gasteiger partial charge in [-0.1, -0.05) is 46.9 Å². The summed E-state index contributed by atoms with van der Waals surface area (Å²) in [6.45, 7) is 0. The van der Waals surface area contributed by atoms with Gasteiger partial charge >= 0.3 is 0 Å². The van der Waals surface area contributed by atoms with Crippen molar-refractivity contribution in [2.24, 2.45) is 0 Å². The summed E-state index contributed by atoms with van der Waals surface area (Å²) in [4.78, 5) is 8.04. The number of hydrogen-bond donors (Lipinski definition) is 1. The standard InChI is InChI=1S/C21H14Cl3N3O/c22-15-3-1-13(2-4-15)17-7-8-27(19-6-5-16(23)9-18(19)24)20(17)21(28)14-10-25-12-26-11-14/h1-12,21,28H. The Morgan fingerprint density at radius 2 is 1.54 bits per heavy atom. The molecule has 0 amide bonds. The van der Waals surface area contributed by atoms with Crippen LogP contribution in [0.15, 0.2) is 73.4 Å². The molecule has 0 bridgehead atoms. The van der Waals surface area contributed by atoms with E-state index in [-0.39, 0.29) is 0 Å². The first kappa shape index (κ1) is 19.0. The number of aliphatic hydroxyl groups excluding tert-OH is 1. The lowest BCUT2D eigenvalue weighted by Crippen LogP contribution is -2.09. The summed E-state index contributed by atoms with van der Waals surface area (Å²) in [7, 11) is 0. The average Bonchev–Trinajstić information content (AvgIpc) is 3.13. The highest BCUT2D eigenvalue weighted by Crippen LogP contribution is 2.36. The number of aliphatic hydroxyl groups is 1. The zero-order chi connectivity index (χ0) is 19.7. The van der Waals surface area contributed by atoms with Gasteiger partial charge in [-0.2, -0.15) is 0 Å². The monoisotopic (exact) mass is 429 g/mol. The Hall–Kier alpha value is -2.37. The van der Waals surface area contributed by atoms with Crippen molar-refractivity contribution in [3.63, 3.8) is 0 Å². The molecule has 1 atom stereocenters. The fourth-order valence-corrected chi connectivity index (χ4v) is 3.72. The maximum absolute atomic E-state index is 11.2. The fourth-order valence-electron chi connectivity index (χ4n) is 3.09. The van der Waals surface area contributed by atoms with Crippen molar-refractivity contribution >= 4 is 34.8 Å². The average molecular weight is 431 g/mol. The van der Waals surface area contributed by atoms with Gasteiger partial charge < -0.3 is 9.67 Å². The van der Waals surface area contributed by atoms with E-state index in [2.05, 4.69) is 9.97 Å². The molecule has 0 aliphatic carbocycles. The topological polar surface area (TPSA) is 50.9 Å². The molecule has 140 valence electrons. The van der Waals surface area contributed by atoms with Gasteiger partial charge in [0.05, 0.1) is 16.4 Å². The zero-order valence-corrected chi connectivity index (χ0v) is 16.7. The molecule has 0 saturated carbocycles. The molecular formula is C21H14Cl3N3O. The minimum Gasteiger partial charge on any atom is -0.382 e. The van der Waals surface area contributed by atoms with E-state index in [0.717, 1.165) is 11.1 Å². The Morgan fingerprint density at radius 3 is 2.21 bits per heavy atom. The number of aromatic nitrogens is 3. The maximum atomic E-state index is 11.2. The highest BCUT2D eigenvalue weighted by molar-refractivity contribution is 6.35. The summed E-state index contributed by atoms with van der Waals surface area (Å²) >= 11 is 18.5. The lowest BCUT2D eigenvalue weighted by molar-refractivity contribution is 0.213. The predicted octanol–water partition coefficient (Wildman–Crippen LogP) is 5.98. The highest BCUT2D eigenvalue weighted by Gasteiger charge is 2.23. The third-order valence-corrected chi connectivity index (χ3v) is 5.20. The van der Waals surface area contributed by atoms with Crippen molar-refractivity contribution in [2.45, 2.75) is 6.10 Å². The second-order valence-corrected chi connectivity index (χ2v) is 7.44. The summed E-state index contributed by atoms with van der Waals surface area (Å²) in [6, 6.07) is 14.6. The number of hydrogen-bond acceptors (Lipinski definition) is 3. The molecule has 4 aromatic rings. The third-order valence-electron chi connectivity index (χ3n) is 4.41. The van der Waals surface area contributed by atoms with Crippen molar-refractivity contribution in [3.8, 4) is 16.8 Å². The summed E-state index contributed by atoms with van der Waals surface area (Å²) in [5.41, 5.74) is 3.68. The van der Waals surface area contributed by atoms with Gasteiger partial charge in [0.25, 0.3) is 0 Å². The van der Waals surface area contributed by atoms with E-state index in [1.165, 1.54) is 6.33 Å². The molecule has 4 rings (SSSR count). The third kappa shape index (κ3) is 3.64. The predicted molar refractivity (Wildman–Crippen MR) is 112 cm³/mol. The molecule has 4 nitrogen and oxygen atoms in total. The van der Waals surface area contributed by atoms with E-state index in [0.29, 0.717) is 32.0 Å². The normalized spacial score (nSPS) is 12.1. The van der Waals surface area contributed by atoms with Crippen LogP contribution in [0.5, 0.6) is 0 Å². The summed E-state index contributed by atoms with van der Waals surface area (Å²) in [6.07, 6.45) is 5.50. The lowest BCUT2D eigenvalue weighted by atomic mass is 10.0. The van der Waals surface area contributed by atoms with Gasteiger partial charge in [0.1, 0.15) is 12.4 Å². The Labute approximate surface area is 177 Å². The number of benzene rings is 2. The van der Waals surface area contributed by atoms with Crippen LogP contribution in [0.1, 0.15) is 17.4 Å². The van der Waals surface area contributed by atoms with Crippen LogP contribution in [0, 0.1) is 0 Å². The van der Waals surface area contributed by atoms with Crippen LogP contribution in [-0.2, 0) is 0 Å². The summed E-state index contributed by atoms with van der Waals surface area (Å²) in [5, 5.41) is 12.8. The van der Waals surface area contributed by atoms with Crippen LogP contribution in [0.3, 0.4) is 0 Å². The highest BCUT2D eigenvalue weighted by atomic mass is 35.5. The van der Waals surface area contributed by atoms with Gasteiger partial charge in [-0.3, -0.25) is 0 Å². The molecule has 0 aliphatic rings. The van der Waals surface area contributed by atoms with Crippen LogP contribution in [0.4, 0.5) is 0 Å². The molecular weight excluding hydrogens is 417 g/mol. The number of halogens is 3. The Bertz CT molecular complexity index is 1110. The van der Waals surface area contributed by atoms with Crippen LogP contribution in [0.2, 0.25) is 15.1 Å². The minimum atomic E-state index is -0.964. The van der Waals surface area contributed by atoms with Crippen LogP contribution < -0.4 is 0 Å². The quantitative estimate of drug-likeness (QED) is 0.433. The molecule has 7 heteroatoms. The molecule has 1 unspecified atom stereocenters. The smallest absolute Gasteiger partial charge is 0.123 e. The van der Waals surface area contributed by atoms with E-state index in [9.17, 15) is 5.11 Å². The summed E-state index contributed by atoms with van der Waals surface area (Å²) in [5.74, 6) is 0. The van der Waals surface area contributed by atoms with Crippen molar-refractivity contribution < 1.29 is 5.11 Å². The second-order valence-electron chi connectivity index (χ2n) is 6.16. The largest absolute Gasteiger partial charge is 0.382 e. The molecule has 2 heterocycles. The van der Waals surface area contributed by atoms with Crippen molar-refractivity contribution in [3.05, 3.63) is 99.8 Å². The lowest BCUT2D eigenvalue weighted by Gasteiger charge is -2.18. The van der Waals surface area contributed by atoms with Gasteiger partial charge in [0.15, 0.2) is 0 Å².